The molecule has 1 saturated heterocycles. The quantitative estimate of drug-likeness (QED) is 0.610. The number of furan rings is 1. The van der Waals surface area contributed by atoms with E-state index in [0.717, 1.165) is 18.7 Å². The molecular formula is C20H23N5O4S. The second-order valence-corrected chi connectivity index (χ2v) is 9.49. The van der Waals surface area contributed by atoms with E-state index in [9.17, 15) is 8.42 Å². The number of nitrogens with zero attached hydrogens (tertiary/aromatic N) is 5. The van der Waals surface area contributed by atoms with E-state index in [4.69, 9.17) is 8.83 Å². The van der Waals surface area contributed by atoms with Crippen LogP contribution in [0.5, 0.6) is 0 Å². The van der Waals surface area contributed by atoms with Crippen LogP contribution >= 0.6 is 0 Å². The number of rotatable bonds is 5. The predicted molar refractivity (Wildman–Crippen MR) is 108 cm³/mol. The molecule has 10 heteroatoms. The van der Waals surface area contributed by atoms with Gasteiger partial charge in [0.15, 0.2) is 5.76 Å². The number of anilines is 1. The van der Waals surface area contributed by atoms with Gasteiger partial charge in [-0.15, -0.1) is 10.2 Å². The van der Waals surface area contributed by atoms with Crippen molar-refractivity contribution < 1.29 is 17.3 Å². The van der Waals surface area contributed by atoms with Crippen molar-refractivity contribution in [3.63, 3.8) is 0 Å². The van der Waals surface area contributed by atoms with Gasteiger partial charge in [0.25, 0.3) is 15.9 Å². The van der Waals surface area contributed by atoms with Gasteiger partial charge in [0.1, 0.15) is 5.82 Å². The summed E-state index contributed by atoms with van der Waals surface area (Å²) in [6, 6.07) is 8.73. The summed E-state index contributed by atoms with van der Waals surface area (Å²) in [4.78, 5) is 6.40. The van der Waals surface area contributed by atoms with Gasteiger partial charge in [-0.2, -0.15) is 4.31 Å². The lowest BCUT2D eigenvalue weighted by atomic mass is 10.1. The summed E-state index contributed by atoms with van der Waals surface area (Å²) in [7, 11) is -3.73. The fourth-order valence-electron chi connectivity index (χ4n) is 4.07. The van der Waals surface area contributed by atoms with Gasteiger partial charge in [0.2, 0.25) is 11.0 Å². The Kier molecular flexibility index (Phi) is 5.03. The minimum absolute atomic E-state index is 0.107. The first-order valence-electron chi connectivity index (χ1n) is 10.2. The average Bonchev–Trinajstić information content (AvgIpc) is 3.55. The third-order valence-electron chi connectivity index (χ3n) is 5.74. The van der Waals surface area contributed by atoms with Crippen LogP contribution in [0.1, 0.15) is 37.5 Å². The molecule has 2 fully saturated rings. The zero-order valence-electron chi connectivity index (χ0n) is 16.5. The molecule has 9 nitrogen and oxygen atoms in total. The summed E-state index contributed by atoms with van der Waals surface area (Å²) in [5, 5.41) is 8.07. The maximum atomic E-state index is 13.0. The Labute approximate surface area is 174 Å². The number of piperazine rings is 1. The van der Waals surface area contributed by atoms with Crippen molar-refractivity contribution in [2.24, 2.45) is 0 Å². The van der Waals surface area contributed by atoms with Gasteiger partial charge in [-0.3, -0.25) is 0 Å². The van der Waals surface area contributed by atoms with Crippen LogP contribution in [0.3, 0.4) is 0 Å². The van der Waals surface area contributed by atoms with Gasteiger partial charge in [0, 0.05) is 38.3 Å². The van der Waals surface area contributed by atoms with E-state index in [1.165, 1.54) is 23.2 Å². The fraction of sp³-hybridized carbons (Fsp3) is 0.450. The summed E-state index contributed by atoms with van der Waals surface area (Å²) in [5.74, 6) is 2.24. The maximum absolute atomic E-state index is 13.0. The summed E-state index contributed by atoms with van der Waals surface area (Å²) in [6.45, 7) is 1.86. The Balaban J connectivity index is 1.28. The second kappa shape index (κ2) is 7.84. The van der Waals surface area contributed by atoms with Crippen LogP contribution in [0.4, 0.5) is 5.82 Å². The molecule has 30 heavy (non-hydrogen) atoms. The highest BCUT2D eigenvalue weighted by Gasteiger charge is 2.32. The first kappa shape index (κ1) is 19.3. The SMILES string of the molecule is O=S(=O)(c1ccc(-c2nnc(C3CCCC3)o2)o1)N1CCN(c2ccccn2)CC1. The lowest BCUT2D eigenvalue weighted by Crippen LogP contribution is -2.48. The van der Waals surface area contributed by atoms with E-state index in [2.05, 4.69) is 20.1 Å². The van der Waals surface area contributed by atoms with Gasteiger partial charge in [-0.25, -0.2) is 13.4 Å². The first-order valence-corrected chi connectivity index (χ1v) is 11.6. The lowest BCUT2D eigenvalue weighted by molar-refractivity contribution is 0.360. The van der Waals surface area contributed by atoms with E-state index in [1.807, 2.05) is 18.2 Å². The van der Waals surface area contributed by atoms with Crippen molar-refractivity contribution in [1.82, 2.24) is 19.5 Å². The zero-order valence-corrected chi connectivity index (χ0v) is 17.3. The Bertz CT molecular complexity index is 1100. The minimum atomic E-state index is -3.73. The smallest absolute Gasteiger partial charge is 0.283 e. The van der Waals surface area contributed by atoms with Crippen LogP contribution in [0.2, 0.25) is 0 Å². The van der Waals surface area contributed by atoms with E-state index in [-0.39, 0.29) is 16.7 Å². The second-order valence-electron chi connectivity index (χ2n) is 7.62. The van der Waals surface area contributed by atoms with Crippen molar-refractivity contribution in [1.29, 1.82) is 0 Å². The Hall–Kier alpha value is -2.72. The highest BCUT2D eigenvalue weighted by molar-refractivity contribution is 7.89. The van der Waals surface area contributed by atoms with Crippen molar-refractivity contribution in [2.45, 2.75) is 36.7 Å². The molecule has 5 rings (SSSR count). The molecule has 1 saturated carbocycles. The highest BCUT2D eigenvalue weighted by Crippen LogP contribution is 2.35. The molecule has 3 aromatic heterocycles. The largest absolute Gasteiger partial charge is 0.438 e. The van der Waals surface area contributed by atoms with Crippen LogP contribution in [-0.2, 0) is 10.0 Å². The summed E-state index contributed by atoms with van der Waals surface area (Å²) >= 11 is 0. The van der Waals surface area contributed by atoms with Crippen LogP contribution in [0, 0.1) is 0 Å². The summed E-state index contributed by atoms with van der Waals surface area (Å²) < 4.78 is 38.9. The number of hydrogen-bond donors (Lipinski definition) is 0. The van der Waals surface area contributed by atoms with Crippen LogP contribution in [0.15, 0.2) is 50.5 Å². The molecule has 0 atom stereocenters. The average molecular weight is 430 g/mol. The van der Waals surface area contributed by atoms with Gasteiger partial charge in [-0.1, -0.05) is 18.9 Å². The monoisotopic (exact) mass is 429 g/mol. The van der Waals surface area contributed by atoms with Crippen LogP contribution in [0.25, 0.3) is 11.7 Å². The van der Waals surface area contributed by atoms with Crippen molar-refractivity contribution in [3.8, 4) is 11.7 Å². The van der Waals surface area contributed by atoms with Crippen molar-refractivity contribution in [2.75, 3.05) is 31.1 Å². The highest BCUT2D eigenvalue weighted by atomic mass is 32.2. The topological polar surface area (TPSA) is 106 Å². The lowest BCUT2D eigenvalue weighted by Gasteiger charge is -2.34. The fourth-order valence-corrected chi connectivity index (χ4v) is 5.40. The molecule has 0 radical (unpaired) electrons. The number of hydrogen-bond acceptors (Lipinski definition) is 8. The van der Waals surface area contributed by atoms with E-state index in [1.54, 1.807) is 12.3 Å². The molecule has 0 unspecified atom stereocenters. The maximum Gasteiger partial charge on any atom is 0.283 e. The molecule has 1 aliphatic heterocycles. The molecule has 4 heterocycles. The number of sulfonamides is 1. The molecule has 0 aromatic carbocycles. The number of pyridine rings is 1. The van der Waals surface area contributed by atoms with Crippen LogP contribution < -0.4 is 4.90 Å². The Morgan fingerprint density at radius 2 is 1.73 bits per heavy atom. The molecule has 0 amide bonds. The van der Waals surface area contributed by atoms with Crippen molar-refractivity contribution >= 4 is 15.8 Å². The molecule has 3 aromatic rings. The van der Waals surface area contributed by atoms with Crippen molar-refractivity contribution in [3.05, 3.63) is 42.4 Å². The minimum Gasteiger partial charge on any atom is -0.438 e. The predicted octanol–water partition coefficient (Wildman–Crippen LogP) is 2.89. The Morgan fingerprint density at radius 3 is 2.47 bits per heavy atom. The number of aromatic nitrogens is 3. The molecule has 0 bridgehead atoms. The molecule has 2 aliphatic rings. The molecule has 0 spiro atoms. The van der Waals surface area contributed by atoms with E-state index in [0.29, 0.717) is 38.0 Å². The Morgan fingerprint density at radius 1 is 0.933 bits per heavy atom. The molecule has 1 aliphatic carbocycles. The van der Waals surface area contributed by atoms with E-state index >= 15 is 0 Å². The molecule has 0 N–H and O–H groups in total. The third-order valence-corrected chi connectivity index (χ3v) is 7.52. The van der Waals surface area contributed by atoms with Crippen LogP contribution in [-0.4, -0.2) is 54.1 Å². The normalized spacial score (nSPS) is 18.9. The van der Waals surface area contributed by atoms with Gasteiger partial charge in [-0.05, 0) is 37.1 Å². The zero-order chi connectivity index (χ0) is 20.6. The molecule has 158 valence electrons. The third kappa shape index (κ3) is 3.61. The van der Waals surface area contributed by atoms with Gasteiger partial charge < -0.3 is 13.7 Å². The standard InChI is InChI=1S/C20H23N5O4S/c26-30(27,25-13-11-24(12-14-25)17-7-3-4-10-21-17)18-9-8-16(28-18)20-23-22-19(29-20)15-5-1-2-6-15/h3-4,7-10,15H,1-2,5-6,11-14H2. The molecular weight excluding hydrogens is 406 g/mol. The summed E-state index contributed by atoms with van der Waals surface area (Å²) in [5.41, 5.74) is 0. The summed E-state index contributed by atoms with van der Waals surface area (Å²) in [6.07, 6.45) is 6.16. The van der Waals surface area contributed by atoms with Gasteiger partial charge in [0.05, 0.1) is 0 Å². The van der Waals surface area contributed by atoms with E-state index < -0.39 is 10.0 Å². The first-order chi connectivity index (χ1) is 14.6. The van der Waals surface area contributed by atoms with Gasteiger partial charge >= 0.3 is 0 Å².